The summed E-state index contributed by atoms with van der Waals surface area (Å²) in [7, 11) is 3.53. The van der Waals surface area contributed by atoms with Gasteiger partial charge in [0.2, 0.25) is 5.91 Å². The predicted molar refractivity (Wildman–Crippen MR) is 118 cm³/mol. The van der Waals surface area contributed by atoms with Gasteiger partial charge in [0, 0.05) is 46.5 Å². The molecule has 0 atom stereocenters. The normalized spacial score (nSPS) is 14.7. The molecule has 1 fully saturated rings. The van der Waals surface area contributed by atoms with Crippen LogP contribution >= 0.6 is 11.3 Å². The number of piperazine rings is 1. The molecule has 0 saturated carbocycles. The summed E-state index contributed by atoms with van der Waals surface area (Å²) in [6.45, 7) is 2.96. The van der Waals surface area contributed by atoms with Crippen LogP contribution in [0.15, 0.2) is 54.0 Å². The highest BCUT2D eigenvalue weighted by atomic mass is 32.1. The molecule has 30 heavy (non-hydrogen) atoms. The Labute approximate surface area is 180 Å². The number of nitrogens with zero attached hydrogens (tertiary/aromatic N) is 5. The molecule has 7 nitrogen and oxygen atoms in total. The van der Waals surface area contributed by atoms with E-state index in [-0.39, 0.29) is 11.8 Å². The fourth-order valence-corrected chi connectivity index (χ4v) is 4.17. The van der Waals surface area contributed by atoms with Crippen molar-refractivity contribution < 1.29 is 9.59 Å². The first-order chi connectivity index (χ1) is 14.5. The van der Waals surface area contributed by atoms with E-state index in [4.69, 9.17) is 5.10 Å². The highest BCUT2D eigenvalue weighted by Crippen LogP contribution is 2.29. The van der Waals surface area contributed by atoms with Gasteiger partial charge in [0.25, 0.3) is 5.91 Å². The molecule has 1 aliphatic heterocycles. The Morgan fingerprint density at radius 2 is 1.77 bits per heavy atom. The molecular weight excluding hydrogens is 398 g/mol. The van der Waals surface area contributed by atoms with Crippen LogP contribution in [0, 0.1) is 0 Å². The number of likely N-dealkylation sites (N-methyl/N-ethyl adjacent to an activating group) is 1. The number of benzene rings is 1. The second-order valence-corrected chi connectivity index (χ2v) is 8.45. The summed E-state index contributed by atoms with van der Waals surface area (Å²) in [6.07, 6.45) is 1.83. The van der Waals surface area contributed by atoms with Gasteiger partial charge in [-0.25, -0.2) is 4.68 Å². The van der Waals surface area contributed by atoms with Crippen LogP contribution < -0.4 is 0 Å². The number of hydrogen-bond donors (Lipinski definition) is 0. The molecule has 1 aromatic carbocycles. The minimum absolute atomic E-state index is 0.0147. The summed E-state index contributed by atoms with van der Waals surface area (Å²) in [5, 5.41) is 6.72. The highest BCUT2D eigenvalue weighted by molar-refractivity contribution is 7.13. The van der Waals surface area contributed by atoms with Crippen molar-refractivity contribution in [2.75, 3.05) is 46.8 Å². The van der Waals surface area contributed by atoms with Gasteiger partial charge in [-0.3, -0.25) is 14.5 Å². The summed E-state index contributed by atoms with van der Waals surface area (Å²) in [4.78, 5) is 31.9. The van der Waals surface area contributed by atoms with E-state index >= 15 is 0 Å². The van der Waals surface area contributed by atoms with Crippen LogP contribution in [0.5, 0.6) is 0 Å². The lowest BCUT2D eigenvalue weighted by Crippen LogP contribution is -2.51. The zero-order valence-corrected chi connectivity index (χ0v) is 18.0. The zero-order valence-electron chi connectivity index (χ0n) is 17.2. The molecule has 2 amide bonds. The van der Waals surface area contributed by atoms with Gasteiger partial charge in [-0.05, 0) is 23.6 Å². The number of rotatable bonds is 5. The van der Waals surface area contributed by atoms with Crippen molar-refractivity contribution in [2.24, 2.45) is 0 Å². The van der Waals surface area contributed by atoms with Crippen molar-refractivity contribution in [1.82, 2.24) is 24.5 Å². The third-order valence-corrected chi connectivity index (χ3v) is 6.11. The second kappa shape index (κ2) is 8.81. The number of aromatic nitrogens is 2. The molecule has 0 bridgehead atoms. The minimum Gasteiger partial charge on any atom is -0.348 e. The molecule has 3 heterocycles. The molecule has 2 aromatic heterocycles. The van der Waals surface area contributed by atoms with Crippen molar-refractivity contribution in [3.05, 3.63) is 59.6 Å². The molecule has 0 unspecified atom stereocenters. The smallest absolute Gasteiger partial charge is 0.257 e. The lowest BCUT2D eigenvalue weighted by atomic mass is 10.1. The van der Waals surface area contributed by atoms with E-state index in [1.54, 1.807) is 35.0 Å². The lowest BCUT2D eigenvalue weighted by Gasteiger charge is -2.34. The summed E-state index contributed by atoms with van der Waals surface area (Å²) in [5.74, 6) is 0.0677. The number of carbonyl (C=O) groups is 2. The Bertz CT molecular complexity index is 1010. The van der Waals surface area contributed by atoms with Crippen molar-refractivity contribution in [1.29, 1.82) is 0 Å². The van der Waals surface area contributed by atoms with E-state index in [0.717, 1.165) is 10.6 Å². The number of hydrogen-bond acceptors (Lipinski definition) is 5. The molecule has 3 aromatic rings. The van der Waals surface area contributed by atoms with E-state index in [1.807, 2.05) is 58.9 Å². The van der Waals surface area contributed by atoms with Gasteiger partial charge in [-0.2, -0.15) is 5.10 Å². The molecular formula is C22H25N5O2S. The molecule has 1 aliphatic rings. The first-order valence-electron chi connectivity index (χ1n) is 9.93. The third-order valence-electron chi connectivity index (χ3n) is 5.24. The SMILES string of the molecule is CN(C)C(=O)CN1CCN(C(=O)c2cn(-c3ccccc3)nc2-c2cccs2)CC1. The summed E-state index contributed by atoms with van der Waals surface area (Å²) >= 11 is 1.58. The van der Waals surface area contributed by atoms with Crippen LogP contribution in [-0.4, -0.2) is 83.1 Å². The average Bonchev–Trinajstić information content (AvgIpc) is 3.44. The quantitative estimate of drug-likeness (QED) is 0.633. The van der Waals surface area contributed by atoms with Gasteiger partial charge in [0.15, 0.2) is 0 Å². The monoisotopic (exact) mass is 423 g/mol. The van der Waals surface area contributed by atoms with Crippen molar-refractivity contribution >= 4 is 23.2 Å². The third kappa shape index (κ3) is 4.29. The highest BCUT2D eigenvalue weighted by Gasteiger charge is 2.27. The maximum Gasteiger partial charge on any atom is 0.257 e. The Morgan fingerprint density at radius 1 is 1.03 bits per heavy atom. The van der Waals surface area contributed by atoms with Gasteiger partial charge >= 0.3 is 0 Å². The first-order valence-corrected chi connectivity index (χ1v) is 10.8. The van der Waals surface area contributed by atoms with Crippen LogP contribution in [0.25, 0.3) is 16.3 Å². The summed E-state index contributed by atoms with van der Waals surface area (Å²) in [5.41, 5.74) is 2.24. The van der Waals surface area contributed by atoms with Gasteiger partial charge in [0.1, 0.15) is 5.69 Å². The topological polar surface area (TPSA) is 61.7 Å². The van der Waals surface area contributed by atoms with E-state index < -0.39 is 0 Å². The molecule has 0 radical (unpaired) electrons. The second-order valence-electron chi connectivity index (χ2n) is 7.51. The van der Waals surface area contributed by atoms with Gasteiger partial charge in [-0.15, -0.1) is 11.3 Å². The number of thiophene rings is 1. The van der Waals surface area contributed by atoms with Crippen molar-refractivity contribution in [2.45, 2.75) is 0 Å². The van der Waals surface area contributed by atoms with Crippen LogP contribution in [-0.2, 0) is 4.79 Å². The molecule has 4 rings (SSSR count). The molecule has 1 saturated heterocycles. The van der Waals surface area contributed by atoms with Crippen LogP contribution in [0.2, 0.25) is 0 Å². The van der Waals surface area contributed by atoms with Gasteiger partial charge in [0.05, 0.1) is 22.7 Å². The predicted octanol–water partition coefficient (Wildman–Crippen LogP) is 2.45. The van der Waals surface area contributed by atoms with E-state index in [2.05, 4.69) is 4.90 Å². The molecule has 0 aliphatic carbocycles. The molecule has 0 spiro atoms. The minimum atomic E-state index is -0.0147. The molecule has 0 N–H and O–H groups in total. The van der Waals surface area contributed by atoms with E-state index in [1.165, 1.54) is 0 Å². The fourth-order valence-electron chi connectivity index (χ4n) is 3.45. The Balaban J connectivity index is 1.54. The Kier molecular flexibility index (Phi) is 5.96. The number of para-hydroxylation sites is 1. The van der Waals surface area contributed by atoms with Gasteiger partial charge in [-0.1, -0.05) is 24.3 Å². The van der Waals surface area contributed by atoms with Crippen LogP contribution in [0.3, 0.4) is 0 Å². The zero-order chi connectivity index (χ0) is 21.1. The molecule has 156 valence electrons. The Morgan fingerprint density at radius 3 is 2.40 bits per heavy atom. The Hall–Kier alpha value is -2.97. The van der Waals surface area contributed by atoms with Crippen molar-refractivity contribution in [3.63, 3.8) is 0 Å². The maximum atomic E-state index is 13.4. The lowest BCUT2D eigenvalue weighted by molar-refractivity contribution is -0.130. The summed E-state index contributed by atoms with van der Waals surface area (Å²) in [6, 6.07) is 13.8. The fraction of sp³-hybridized carbons (Fsp3) is 0.318. The summed E-state index contributed by atoms with van der Waals surface area (Å²) < 4.78 is 1.77. The first kappa shape index (κ1) is 20.3. The van der Waals surface area contributed by atoms with Crippen LogP contribution in [0.4, 0.5) is 0 Å². The van der Waals surface area contributed by atoms with Crippen molar-refractivity contribution in [3.8, 4) is 16.3 Å². The standard InChI is InChI=1S/C22H25N5O2S/c1-24(2)20(28)16-25-10-12-26(13-11-25)22(29)18-15-27(17-7-4-3-5-8-17)23-21(18)19-9-6-14-30-19/h3-9,14-15H,10-13,16H2,1-2H3. The largest absolute Gasteiger partial charge is 0.348 e. The van der Waals surface area contributed by atoms with E-state index in [9.17, 15) is 9.59 Å². The van der Waals surface area contributed by atoms with E-state index in [0.29, 0.717) is 44.0 Å². The number of carbonyl (C=O) groups excluding carboxylic acids is 2. The maximum absolute atomic E-state index is 13.4. The number of amides is 2. The van der Waals surface area contributed by atoms with Gasteiger partial charge < -0.3 is 9.80 Å². The molecule has 8 heteroatoms. The average molecular weight is 424 g/mol. The van der Waals surface area contributed by atoms with Crippen LogP contribution in [0.1, 0.15) is 10.4 Å².